The predicted molar refractivity (Wildman–Crippen MR) is 99.3 cm³/mol. The van der Waals surface area contributed by atoms with Gasteiger partial charge in [0.05, 0.1) is 5.25 Å². The number of carbonyl (C=O) groups is 1. The van der Waals surface area contributed by atoms with Crippen LogP contribution in [-0.4, -0.2) is 16.1 Å². The van der Waals surface area contributed by atoms with Crippen LogP contribution in [0.5, 0.6) is 0 Å². The van der Waals surface area contributed by atoms with E-state index in [1.54, 1.807) is 11.8 Å². The quantitative estimate of drug-likeness (QED) is 0.789. The van der Waals surface area contributed by atoms with E-state index in [0.29, 0.717) is 5.56 Å². The van der Waals surface area contributed by atoms with Gasteiger partial charge in [0.1, 0.15) is 0 Å². The third kappa shape index (κ3) is 4.74. The van der Waals surface area contributed by atoms with Crippen molar-refractivity contribution < 1.29 is 4.79 Å². The fraction of sp³-hybridized carbons (Fsp3) is 0.368. The van der Waals surface area contributed by atoms with Crippen LogP contribution in [0.2, 0.25) is 0 Å². The molecule has 2 rings (SSSR count). The first-order chi connectivity index (χ1) is 11.4. The number of aryl methyl sites for hydroxylation is 2. The van der Waals surface area contributed by atoms with Gasteiger partial charge in [0.15, 0.2) is 0 Å². The highest BCUT2D eigenvalue weighted by atomic mass is 32.2. The lowest BCUT2D eigenvalue weighted by molar-refractivity contribution is -0.121. The highest BCUT2D eigenvalue weighted by Gasteiger charge is 2.23. The molecule has 0 fully saturated rings. The minimum atomic E-state index is -0.197. The van der Waals surface area contributed by atoms with E-state index in [9.17, 15) is 9.59 Å². The lowest BCUT2D eigenvalue weighted by Gasteiger charge is -2.20. The van der Waals surface area contributed by atoms with Crippen LogP contribution in [0.1, 0.15) is 30.7 Å². The molecule has 0 saturated heterocycles. The first-order valence-corrected chi connectivity index (χ1v) is 8.95. The number of thioether (sulfide) groups is 1. The van der Waals surface area contributed by atoms with Crippen molar-refractivity contribution in [3.8, 4) is 0 Å². The zero-order chi connectivity index (χ0) is 17.7. The Morgan fingerprint density at radius 2 is 1.88 bits per heavy atom. The molecular formula is C19H24N2O2S. The van der Waals surface area contributed by atoms with Gasteiger partial charge in [0.2, 0.25) is 5.91 Å². The summed E-state index contributed by atoms with van der Waals surface area (Å²) in [6, 6.07) is 11.8. The summed E-state index contributed by atoms with van der Waals surface area (Å²) in [5.41, 5.74) is 2.20. The lowest BCUT2D eigenvalue weighted by Crippen LogP contribution is -2.37. The number of aromatic amines is 1. The van der Waals surface area contributed by atoms with Gasteiger partial charge in [0, 0.05) is 22.7 Å². The van der Waals surface area contributed by atoms with Crippen LogP contribution in [0.4, 0.5) is 0 Å². The molecule has 1 heterocycles. The van der Waals surface area contributed by atoms with Gasteiger partial charge in [-0.15, -0.1) is 11.8 Å². The second-order valence-corrected chi connectivity index (χ2v) is 7.47. The van der Waals surface area contributed by atoms with Crippen LogP contribution < -0.4 is 10.9 Å². The third-order valence-corrected chi connectivity index (χ3v) is 5.36. The van der Waals surface area contributed by atoms with Crippen molar-refractivity contribution in [3.63, 3.8) is 0 Å². The molecule has 1 amide bonds. The molecule has 4 nitrogen and oxygen atoms in total. The van der Waals surface area contributed by atoms with Gasteiger partial charge in [-0.3, -0.25) is 9.59 Å². The van der Waals surface area contributed by atoms with Crippen LogP contribution in [0.25, 0.3) is 0 Å². The second kappa shape index (κ2) is 8.20. The minimum absolute atomic E-state index is 0.0433. The van der Waals surface area contributed by atoms with E-state index in [2.05, 4.69) is 10.3 Å². The van der Waals surface area contributed by atoms with Gasteiger partial charge in [-0.1, -0.05) is 32.0 Å². The summed E-state index contributed by atoms with van der Waals surface area (Å²) in [5, 5.41) is 2.72. The van der Waals surface area contributed by atoms with E-state index in [1.807, 2.05) is 64.1 Å². The summed E-state index contributed by atoms with van der Waals surface area (Å²) in [4.78, 5) is 28.5. The summed E-state index contributed by atoms with van der Waals surface area (Å²) in [7, 11) is 0. The van der Waals surface area contributed by atoms with Crippen molar-refractivity contribution in [2.75, 3.05) is 0 Å². The first kappa shape index (κ1) is 18.3. The number of hydrogen-bond acceptors (Lipinski definition) is 3. The third-order valence-electron chi connectivity index (χ3n) is 3.80. The number of nitrogens with one attached hydrogen (secondary N) is 2. The monoisotopic (exact) mass is 344 g/mol. The van der Waals surface area contributed by atoms with Gasteiger partial charge < -0.3 is 10.3 Å². The Hall–Kier alpha value is -2.01. The molecule has 0 aliphatic heterocycles. The maximum absolute atomic E-state index is 12.6. The summed E-state index contributed by atoms with van der Waals surface area (Å²) in [6.07, 6.45) is 0. The molecule has 24 heavy (non-hydrogen) atoms. The predicted octanol–water partition coefficient (Wildman–Crippen LogP) is 3.42. The molecule has 1 aromatic carbocycles. The van der Waals surface area contributed by atoms with E-state index in [4.69, 9.17) is 0 Å². The highest BCUT2D eigenvalue weighted by Crippen LogP contribution is 2.28. The fourth-order valence-electron chi connectivity index (χ4n) is 2.52. The van der Waals surface area contributed by atoms with E-state index < -0.39 is 0 Å². The molecule has 1 unspecified atom stereocenters. The zero-order valence-electron chi connectivity index (χ0n) is 14.6. The average molecular weight is 344 g/mol. The molecule has 128 valence electrons. The molecule has 2 aromatic rings. The van der Waals surface area contributed by atoms with Crippen molar-refractivity contribution in [1.29, 1.82) is 0 Å². The lowest BCUT2D eigenvalue weighted by atomic mass is 10.1. The average Bonchev–Trinajstić information content (AvgIpc) is 2.52. The number of rotatable bonds is 6. The second-order valence-electron chi connectivity index (χ2n) is 6.26. The standard InChI is InChI=1S/C19H24N2O2S/c1-12(2)17(24-15-8-6-5-7-9-15)19(23)20-11-16-13(3)10-14(4)21-18(16)22/h5-10,12,17H,11H2,1-4H3,(H,20,23)(H,21,22). The molecule has 0 aliphatic carbocycles. The molecular weight excluding hydrogens is 320 g/mol. The number of carbonyl (C=O) groups excluding carboxylic acids is 1. The summed E-state index contributed by atoms with van der Waals surface area (Å²) >= 11 is 1.55. The molecule has 0 saturated carbocycles. The fourth-order valence-corrected chi connectivity index (χ4v) is 3.59. The molecule has 5 heteroatoms. The van der Waals surface area contributed by atoms with E-state index in [0.717, 1.165) is 16.2 Å². The Bertz CT molecular complexity index is 754. The zero-order valence-corrected chi connectivity index (χ0v) is 15.4. The Balaban J connectivity index is 2.08. The molecule has 0 bridgehead atoms. The van der Waals surface area contributed by atoms with Crippen molar-refractivity contribution in [3.05, 3.63) is 63.6 Å². The van der Waals surface area contributed by atoms with Crippen LogP contribution in [0.15, 0.2) is 46.1 Å². The van der Waals surface area contributed by atoms with E-state index in [1.165, 1.54) is 0 Å². The smallest absolute Gasteiger partial charge is 0.253 e. The molecule has 2 N–H and O–H groups in total. The van der Waals surface area contributed by atoms with Crippen molar-refractivity contribution in [2.45, 2.75) is 44.4 Å². The molecule has 1 aromatic heterocycles. The van der Waals surface area contributed by atoms with Crippen LogP contribution in [0, 0.1) is 19.8 Å². The largest absolute Gasteiger partial charge is 0.351 e. The molecule has 0 radical (unpaired) electrons. The summed E-state index contributed by atoms with van der Waals surface area (Å²) in [6.45, 7) is 8.05. The normalized spacial score (nSPS) is 12.2. The number of hydrogen-bond donors (Lipinski definition) is 2. The van der Waals surface area contributed by atoms with Crippen LogP contribution >= 0.6 is 11.8 Å². The van der Waals surface area contributed by atoms with Crippen molar-refractivity contribution >= 4 is 17.7 Å². The van der Waals surface area contributed by atoms with Crippen LogP contribution in [0.3, 0.4) is 0 Å². The maximum atomic E-state index is 12.6. The Labute approximate surface area is 147 Å². The summed E-state index contributed by atoms with van der Waals surface area (Å²) in [5.74, 6) is 0.144. The number of benzene rings is 1. The topological polar surface area (TPSA) is 62.0 Å². The number of H-pyrrole nitrogens is 1. The number of aromatic nitrogens is 1. The van der Waals surface area contributed by atoms with Gasteiger partial charge in [-0.2, -0.15) is 0 Å². The van der Waals surface area contributed by atoms with E-state index in [-0.39, 0.29) is 29.2 Å². The Morgan fingerprint density at radius 3 is 2.46 bits per heavy atom. The maximum Gasteiger partial charge on any atom is 0.253 e. The van der Waals surface area contributed by atoms with Gasteiger partial charge in [-0.25, -0.2) is 0 Å². The Morgan fingerprint density at radius 1 is 1.21 bits per heavy atom. The minimum Gasteiger partial charge on any atom is -0.351 e. The van der Waals surface area contributed by atoms with Gasteiger partial charge in [0.25, 0.3) is 5.56 Å². The van der Waals surface area contributed by atoms with Gasteiger partial charge >= 0.3 is 0 Å². The summed E-state index contributed by atoms with van der Waals surface area (Å²) < 4.78 is 0. The van der Waals surface area contributed by atoms with E-state index >= 15 is 0 Å². The highest BCUT2D eigenvalue weighted by molar-refractivity contribution is 8.00. The first-order valence-electron chi connectivity index (χ1n) is 8.07. The van der Waals surface area contributed by atoms with Crippen LogP contribution in [-0.2, 0) is 11.3 Å². The van der Waals surface area contributed by atoms with Gasteiger partial charge in [-0.05, 0) is 43.5 Å². The molecule has 1 atom stereocenters. The molecule has 0 aliphatic rings. The number of pyridine rings is 1. The van der Waals surface area contributed by atoms with Crippen molar-refractivity contribution in [1.82, 2.24) is 10.3 Å². The Kier molecular flexibility index (Phi) is 6.26. The van der Waals surface area contributed by atoms with Crippen molar-refractivity contribution in [2.24, 2.45) is 5.92 Å². The SMILES string of the molecule is Cc1cc(C)c(CNC(=O)C(Sc2ccccc2)C(C)C)c(=O)[nH]1. The number of amides is 1. The molecule has 0 spiro atoms.